The second kappa shape index (κ2) is 7.51. The highest BCUT2D eigenvalue weighted by Crippen LogP contribution is 2.20. The van der Waals surface area contributed by atoms with Crippen molar-refractivity contribution >= 4 is 5.78 Å². The van der Waals surface area contributed by atoms with Gasteiger partial charge in [0.1, 0.15) is 11.5 Å². The zero-order valence-corrected chi connectivity index (χ0v) is 13.7. The van der Waals surface area contributed by atoms with Gasteiger partial charge in [0.25, 0.3) is 0 Å². The molecule has 0 radical (unpaired) electrons. The van der Waals surface area contributed by atoms with Crippen molar-refractivity contribution in [2.24, 2.45) is 5.92 Å². The molecular weight excluding hydrogens is 288 g/mol. The third-order valence-corrected chi connectivity index (χ3v) is 4.59. The van der Waals surface area contributed by atoms with E-state index in [-0.39, 0.29) is 11.7 Å². The van der Waals surface area contributed by atoms with Crippen molar-refractivity contribution in [2.75, 3.05) is 19.6 Å². The van der Waals surface area contributed by atoms with Gasteiger partial charge in [-0.15, -0.1) is 0 Å². The Morgan fingerprint density at radius 3 is 2.91 bits per heavy atom. The third-order valence-electron chi connectivity index (χ3n) is 4.59. The van der Waals surface area contributed by atoms with Crippen molar-refractivity contribution in [1.29, 1.82) is 0 Å². The number of hydrogen-bond donors (Lipinski definition) is 0. The van der Waals surface area contributed by atoms with Gasteiger partial charge in [0.05, 0.1) is 0 Å². The fourth-order valence-electron chi connectivity index (χ4n) is 3.29. The molecular formula is C18H24N4O. The van der Waals surface area contributed by atoms with Gasteiger partial charge in [-0.1, -0.05) is 6.07 Å². The van der Waals surface area contributed by atoms with Gasteiger partial charge in [0, 0.05) is 37.6 Å². The van der Waals surface area contributed by atoms with Gasteiger partial charge in [-0.2, -0.15) is 0 Å². The molecule has 2 aromatic rings. The fraction of sp³-hybridized carbons (Fsp3) is 0.500. The number of pyridine rings is 1. The predicted molar refractivity (Wildman–Crippen MR) is 89.3 cm³/mol. The largest absolute Gasteiger partial charge is 0.335 e. The number of aromatic nitrogens is 3. The van der Waals surface area contributed by atoms with E-state index >= 15 is 0 Å². The van der Waals surface area contributed by atoms with Crippen LogP contribution >= 0.6 is 0 Å². The lowest BCUT2D eigenvalue weighted by Crippen LogP contribution is -2.39. The minimum Gasteiger partial charge on any atom is -0.335 e. The maximum absolute atomic E-state index is 12.5. The molecule has 5 heteroatoms. The molecule has 2 aromatic heterocycles. The van der Waals surface area contributed by atoms with Crippen molar-refractivity contribution < 1.29 is 4.79 Å². The summed E-state index contributed by atoms with van der Waals surface area (Å²) in [6.45, 7) is 6.00. The van der Waals surface area contributed by atoms with Crippen LogP contribution < -0.4 is 0 Å². The minimum absolute atomic E-state index is 0.0913. The van der Waals surface area contributed by atoms with E-state index in [1.807, 2.05) is 37.5 Å². The summed E-state index contributed by atoms with van der Waals surface area (Å²) in [6, 6.07) is 5.55. The highest BCUT2D eigenvalue weighted by molar-refractivity contribution is 5.96. The summed E-state index contributed by atoms with van der Waals surface area (Å²) in [4.78, 5) is 23.4. The summed E-state index contributed by atoms with van der Waals surface area (Å²) in [6.07, 6.45) is 8.72. The minimum atomic E-state index is 0.0913. The molecule has 3 heterocycles. The van der Waals surface area contributed by atoms with Crippen LogP contribution in [-0.4, -0.2) is 44.9 Å². The van der Waals surface area contributed by atoms with Crippen LogP contribution in [0, 0.1) is 12.8 Å². The van der Waals surface area contributed by atoms with Crippen molar-refractivity contribution in [3.63, 3.8) is 0 Å². The van der Waals surface area contributed by atoms with E-state index in [9.17, 15) is 4.79 Å². The Labute approximate surface area is 137 Å². The van der Waals surface area contributed by atoms with Crippen LogP contribution in [0.3, 0.4) is 0 Å². The number of hydrogen-bond acceptors (Lipinski definition) is 4. The molecule has 122 valence electrons. The third kappa shape index (κ3) is 4.05. The molecule has 1 aliphatic rings. The van der Waals surface area contributed by atoms with Crippen LogP contribution in [0.5, 0.6) is 0 Å². The second-order valence-electron chi connectivity index (χ2n) is 6.24. The van der Waals surface area contributed by atoms with E-state index in [0.717, 1.165) is 51.3 Å². The molecule has 1 fully saturated rings. The standard InChI is InChI=1S/C18H24N4O/c1-15-19-9-13-22(15)12-5-11-21-10-4-6-16(14-21)18(23)17-7-2-3-8-20-17/h2-3,7-9,13,16H,4-6,10-12,14H2,1H3/t16-/m1/s1. The monoisotopic (exact) mass is 312 g/mol. The van der Waals surface area contributed by atoms with Crippen molar-refractivity contribution in [1.82, 2.24) is 19.4 Å². The van der Waals surface area contributed by atoms with Crippen LogP contribution in [0.4, 0.5) is 0 Å². The molecule has 0 amide bonds. The maximum Gasteiger partial charge on any atom is 0.185 e. The topological polar surface area (TPSA) is 51.0 Å². The predicted octanol–water partition coefficient (Wildman–Crippen LogP) is 2.57. The number of piperidine rings is 1. The first kappa shape index (κ1) is 15.9. The van der Waals surface area contributed by atoms with Crippen molar-refractivity contribution in [3.05, 3.63) is 48.3 Å². The summed E-state index contributed by atoms with van der Waals surface area (Å²) < 4.78 is 2.18. The van der Waals surface area contributed by atoms with Gasteiger partial charge in [-0.25, -0.2) is 4.98 Å². The van der Waals surface area contributed by atoms with Crippen LogP contribution in [-0.2, 0) is 6.54 Å². The number of nitrogens with zero attached hydrogens (tertiary/aromatic N) is 4. The summed E-state index contributed by atoms with van der Waals surface area (Å²) in [5, 5.41) is 0. The number of likely N-dealkylation sites (tertiary alicyclic amines) is 1. The summed E-state index contributed by atoms with van der Waals surface area (Å²) in [7, 11) is 0. The first-order chi connectivity index (χ1) is 11.2. The van der Waals surface area contributed by atoms with E-state index in [1.165, 1.54) is 0 Å². The molecule has 5 nitrogen and oxygen atoms in total. The SMILES string of the molecule is Cc1nccn1CCCN1CCC[C@@H](C(=O)c2ccccn2)C1. The van der Waals surface area contributed by atoms with E-state index in [0.29, 0.717) is 5.69 Å². The van der Waals surface area contributed by atoms with E-state index in [4.69, 9.17) is 0 Å². The summed E-state index contributed by atoms with van der Waals surface area (Å²) in [5.41, 5.74) is 0.605. The van der Waals surface area contributed by atoms with Gasteiger partial charge in [0.15, 0.2) is 5.78 Å². The van der Waals surface area contributed by atoms with Crippen molar-refractivity contribution in [3.8, 4) is 0 Å². The lowest BCUT2D eigenvalue weighted by atomic mass is 9.92. The fourth-order valence-corrected chi connectivity index (χ4v) is 3.29. The van der Waals surface area contributed by atoms with Crippen LogP contribution in [0.25, 0.3) is 0 Å². The van der Waals surface area contributed by atoms with E-state index in [2.05, 4.69) is 19.4 Å². The van der Waals surface area contributed by atoms with Crippen LogP contribution in [0.15, 0.2) is 36.8 Å². The summed E-state index contributed by atoms with van der Waals surface area (Å²) >= 11 is 0. The highest BCUT2D eigenvalue weighted by Gasteiger charge is 2.26. The lowest BCUT2D eigenvalue weighted by molar-refractivity contribution is 0.0812. The van der Waals surface area contributed by atoms with E-state index in [1.54, 1.807) is 6.20 Å². The Morgan fingerprint density at radius 2 is 2.17 bits per heavy atom. The molecule has 0 N–H and O–H groups in total. The quantitative estimate of drug-likeness (QED) is 0.769. The average molecular weight is 312 g/mol. The molecule has 1 aliphatic heterocycles. The Hall–Kier alpha value is -2.01. The lowest BCUT2D eigenvalue weighted by Gasteiger charge is -2.31. The molecule has 0 saturated carbocycles. The number of aryl methyl sites for hydroxylation is 2. The Bertz CT molecular complexity index is 637. The number of imidazole rings is 1. The van der Waals surface area contributed by atoms with Gasteiger partial charge < -0.3 is 9.47 Å². The zero-order chi connectivity index (χ0) is 16.1. The van der Waals surface area contributed by atoms with Gasteiger partial charge in [0.2, 0.25) is 0 Å². The number of ketones is 1. The van der Waals surface area contributed by atoms with Gasteiger partial charge >= 0.3 is 0 Å². The normalized spacial score (nSPS) is 18.9. The highest BCUT2D eigenvalue weighted by atomic mass is 16.1. The van der Waals surface area contributed by atoms with Gasteiger partial charge in [-0.3, -0.25) is 9.78 Å². The zero-order valence-electron chi connectivity index (χ0n) is 13.7. The van der Waals surface area contributed by atoms with Crippen LogP contribution in [0.2, 0.25) is 0 Å². The first-order valence-corrected chi connectivity index (χ1v) is 8.39. The first-order valence-electron chi connectivity index (χ1n) is 8.39. The van der Waals surface area contributed by atoms with Gasteiger partial charge in [-0.05, 0) is 51.4 Å². The smallest absolute Gasteiger partial charge is 0.185 e. The van der Waals surface area contributed by atoms with Crippen LogP contribution in [0.1, 0.15) is 35.6 Å². The number of carbonyl (C=O) groups excluding carboxylic acids is 1. The molecule has 0 bridgehead atoms. The molecule has 0 aliphatic carbocycles. The molecule has 23 heavy (non-hydrogen) atoms. The average Bonchev–Trinajstić information content (AvgIpc) is 3.00. The molecule has 0 unspecified atom stereocenters. The maximum atomic E-state index is 12.5. The molecule has 0 spiro atoms. The number of Topliss-reactive ketones (excluding diaryl/α,β-unsaturated/α-hetero) is 1. The number of rotatable bonds is 6. The Kier molecular flexibility index (Phi) is 5.18. The molecule has 1 saturated heterocycles. The molecule has 0 aromatic carbocycles. The Morgan fingerprint density at radius 1 is 1.26 bits per heavy atom. The van der Waals surface area contributed by atoms with Crippen molar-refractivity contribution in [2.45, 2.75) is 32.7 Å². The molecule has 1 atom stereocenters. The number of carbonyl (C=O) groups is 1. The summed E-state index contributed by atoms with van der Waals surface area (Å²) in [5.74, 6) is 1.35. The van der Waals surface area contributed by atoms with E-state index < -0.39 is 0 Å². The Balaban J connectivity index is 1.50. The second-order valence-corrected chi connectivity index (χ2v) is 6.24. The molecule has 3 rings (SSSR count).